The van der Waals surface area contributed by atoms with Crippen molar-refractivity contribution in [3.63, 3.8) is 0 Å². The van der Waals surface area contributed by atoms with E-state index in [9.17, 15) is 0 Å². The molecule has 12 heavy (non-hydrogen) atoms. The predicted octanol–water partition coefficient (Wildman–Crippen LogP) is 1.60. The lowest BCUT2D eigenvalue weighted by molar-refractivity contribution is 0.578. The Hall–Kier alpha value is -0.410. The summed E-state index contributed by atoms with van der Waals surface area (Å²) in [4.78, 5) is 4.46. The average molecular weight is 182 g/mol. The number of nitrogens with one attached hydrogen (secondary N) is 1. The van der Waals surface area contributed by atoms with Crippen molar-refractivity contribution < 1.29 is 0 Å². The van der Waals surface area contributed by atoms with Gasteiger partial charge in [0.25, 0.3) is 0 Å². The molecule has 0 bridgehead atoms. The predicted molar refractivity (Wildman–Crippen MR) is 51.5 cm³/mol. The van der Waals surface area contributed by atoms with E-state index in [4.69, 9.17) is 0 Å². The SMILES string of the molecule is Cc1csc(CC2CCNC2)n1. The quantitative estimate of drug-likeness (QED) is 0.751. The molecule has 1 saturated heterocycles. The van der Waals surface area contributed by atoms with Crippen LogP contribution < -0.4 is 5.32 Å². The van der Waals surface area contributed by atoms with Crippen LogP contribution in [0.1, 0.15) is 17.1 Å². The van der Waals surface area contributed by atoms with Crippen LogP contribution in [0.15, 0.2) is 5.38 Å². The number of hydrogen-bond acceptors (Lipinski definition) is 3. The van der Waals surface area contributed by atoms with E-state index in [2.05, 4.69) is 22.6 Å². The molecule has 2 heterocycles. The third-order valence-electron chi connectivity index (χ3n) is 2.29. The summed E-state index contributed by atoms with van der Waals surface area (Å²) in [6, 6.07) is 0. The van der Waals surface area contributed by atoms with Crippen LogP contribution in [0.2, 0.25) is 0 Å². The summed E-state index contributed by atoms with van der Waals surface area (Å²) in [6.07, 6.45) is 2.49. The molecule has 0 spiro atoms. The topological polar surface area (TPSA) is 24.9 Å². The smallest absolute Gasteiger partial charge is 0.0931 e. The van der Waals surface area contributed by atoms with Gasteiger partial charge in [0.15, 0.2) is 0 Å². The van der Waals surface area contributed by atoms with E-state index in [-0.39, 0.29) is 0 Å². The Labute approximate surface area is 77.0 Å². The molecule has 0 saturated carbocycles. The second kappa shape index (κ2) is 3.54. The van der Waals surface area contributed by atoms with Crippen molar-refractivity contribution in [2.45, 2.75) is 19.8 Å². The first-order chi connectivity index (χ1) is 5.84. The van der Waals surface area contributed by atoms with E-state index in [1.54, 1.807) is 11.3 Å². The molecule has 1 atom stereocenters. The van der Waals surface area contributed by atoms with Gasteiger partial charge < -0.3 is 5.32 Å². The normalized spacial score (nSPS) is 23.2. The molecule has 1 aliphatic rings. The van der Waals surface area contributed by atoms with Gasteiger partial charge in [-0.25, -0.2) is 4.98 Å². The summed E-state index contributed by atoms with van der Waals surface area (Å²) >= 11 is 1.80. The first-order valence-corrected chi connectivity index (χ1v) is 5.34. The fraction of sp³-hybridized carbons (Fsp3) is 0.667. The van der Waals surface area contributed by atoms with Crippen molar-refractivity contribution in [1.29, 1.82) is 0 Å². The third kappa shape index (κ3) is 1.84. The highest BCUT2D eigenvalue weighted by Crippen LogP contribution is 2.17. The fourth-order valence-corrected chi connectivity index (χ4v) is 2.52. The van der Waals surface area contributed by atoms with Gasteiger partial charge in [0.2, 0.25) is 0 Å². The highest BCUT2D eigenvalue weighted by atomic mass is 32.1. The van der Waals surface area contributed by atoms with Gasteiger partial charge in [-0.3, -0.25) is 0 Å². The monoisotopic (exact) mass is 182 g/mol. The summed E-state index contributed by atoms with van der Waals surface area (Å²) < 4.78 is 0. The van der Waals surface area contributed by atoms with Crippen molar-refractivity contribution in [3.05, 3.63) is 16.1 Å². The van der Waals surface area contributed by atoms with Crippen LogP contribution in [0.4, 0.5) is 0 Å². The zero-order valence-corrected chi connectivity index (χ0v) is 8.16. The summed E-state index contributed by atoms with van der Waals surface area (Å²) in [6.45, 7) is 4.43. The lowest BCUT2D eigenvalue weighted by Crippen LogP contribution is -2.10. The van der Waals surface area contributed by atoms with Crippen LogP contribution in [0.25, 0.3) is 0 Å². The van der Waals surface area contributed by atoms with Gasteiger partial charge in [0, 0.05) is 17.5 Å². The Morgan fingerprint density at radius 2 is 2.67 bits per heavy atom. The van der Waals surface area contributed by atoms with Crippen LogP contribution in [0.3, 0.4) is 0 Å². The average Bonchev–Trinajstić information content (AvgIpc) is 2.63. The van der Waals surface area contributed by atoms with Crippen molar-refractivity contribution in [2.24, 2.45) is 5.92 Å². The molecule has 2 nitrogen and oxygen atoms in total. The molecule has 1 aromatic heterocycles. The molecule has 1 N–H and O–H groups in total. The number of nitrogens with zero attached hydrogens (tertiary/aromatic N) is 1. The largest absolute Gasteiger partial charge is 0.316 e. The van der Waals surface area contributed by atoms with Gasteiger partial charge in [0.05, 0.1) is 5.01 Å². The Morgan fingerprint density at radius 3 is 3.25 bits per heavy atom. The molecule has 1 aliphatic heterocycles. The Morgan fingerprint density at radius 1 is 1.75 bits per heavy atom. The summed E-state index contributed by atoms with van der Waals surface area (Å²) in [5.74, 6) is 0.829. The van der Waals surface area contributed by atoms with Crippen molar-refractivity contribution in [1.82, 2.24) is 10.3 Å². The first-order valence-electron chi connectivity index (χ1n) is 4.46. The van der Waals surface area contributed by atoms with Crippen LogP contribution in [-0.4, -0.2) is 18.1 Å². The molecule has 0 radical (unpaired) electrons. The van der Waals surface area contributed by atoms with Gasteiger partial charge >= 0.3 is 0 Å². The third-order valence-corrected chi connectivity index (χ3v) is 3.28. The number of rotatable bonds is 2. The van der Waals surface area contributed by atoms with E-state index in [1.807, 2.05) is 0 Å². The molecule has 1 fully saturated rings. The highest BCUT2D eigenvalue weighted by molar-refractivity contribution is 7.09. The van der Waals surface area contributed by atoms with E-state index in [0.717, 1.165) is 5.92 Å². The molecule has 1 unspecified atom stereocenters. The van der Waals surface area contributed by atoms with E-state index >= 15 is 0 Å². The first kappa shape index (κ1) is 8.20. The van der Waals surface area contributed by atoms with Gasteiger partial charge in [-0.1, -0.05) is 0 Å². The maximum absolute atomic E-state index is 4.46. The molecular weight excluding hydrogens is 168 g/mol. The molecule has 3 heteroatoms. The maximum atomic E-state index is 4.46. The summed E-state index contributed by atoms with van der Waals surface area (Å²) in [7, 11) is 0. The van der Waals surface area contributed by atoms with E-state index in [1.165, 1.54) is 36.6 Å². The molecular formula is C9H14N2S. The van der Waals surface area contributed by atoms with Crippen molar-refractivity contribution in [3.8, 4) is 0 Å². The highest BCUT2D eigenvalue weighted by Gasteiger charge is 2.15. The lowest BCUT2D eigenvalue weighted by atomic mass is 10.1. The van der Waals surface area contributed by atoms with Crippen molar-refractivity contribution in [2.75, 3.05) is 13.1 Å². The van der Waals surface area contributed by atoms with Gasteiger partial charge in [-0.05, 0) is 32.4 Å². The van der Waals surface area contributed by atoms with Crippen LogP contribution in [-0.2, 0) is 6.42 Å². The molecule has 2 rings (SSSR count). The van der Waals surface area contributed by atoms with Gasteiger partial charge in [0.1, 0.15) is 0 Å². The number of aromatic nitrogens is 1. The minimum atomic E-state index is 0.829. The standard InChI is InChI=1S/C9H14N2S/c1-7-6-12-9(11-7)4-8-2-3-10-5-8/h6,8,10H,2-5H2,1H3. The molecule has 0 amide bonds. The zero-order valence-electron chi connectivity index (χ0n) is 7.34. The maximum Gasteiger partial charge on any atom is 0.0931 e. The summed E-state index contributed by atoms with van der Waals surface area (Å²) in [5.41, 5.74) is 1.17. The minimum absolute atomic E-state index is 0.829. The van der Waals surface area contributed by atoms with E-state index < -0.39 is 0 Å². The lowest BCUT2D eigenvalue weighted by Gasteiger charge is -2.03. The van der Waals surface area contributed by atoms with Crippen LogP contribution in [0.5, 0.6) is 0 Å². The van der Waals surface area contributed by atoms with Crippen LogP contribution >= 0.6 is 11.3 Å². The Bertz CT molecular complexity index is 251. The fourth-order valence-electron chi connectivity index (χ4n) is 1.63. The molecule has 0 aliphatic carbocycles. The van der Waals surface area contributed by atoms with Crippen LogP contribution in [0, 0.1) is 12.8 Å². The number of aryl methyl sites for hydroxylation is 1. The second-order valence-electron chi connectivity index (χ2n) is 3.45. The zero-order chi connectivity index (χ0) is 8.39. The molecule has 0 aromatic carbocycles. The minimum Gasteiger partial charge on any atom is -0.316 e. The number of hydrogen-bond donors (Lipinski definition) is 1. The van der Waals surface area contributed by atoms with E-state index in [0.29, 0.717) is 0 Å². The molecule has 66 valence electrons. The second-order valence-corrected chi connectivity index (χ2v) is 4.39. The Kier molecular flexibility index (Phi) is 2.42. The summed E-state index contributed by atoms with van der Waals surface area (Å²) in [5, 5.41) is 6.82. The van der Waals surface area contributed by atoms with Gasteiger partial charge in [-0.15, -0.1) is 11.3 Å². The molecule has 1 aromatic rings. The van der Waals surface area contributed by atoms with Crippen molar-refractivity contribution >= 4 is 11.3 Å². The Balaban J connectivity index is 1.94. The number of thiazole rings is 1. The van der Waals surface area contributed by atoms with Gasteiger partial charge in [-0.2, -0.15) is 0 Å².